The standard InChI is InChI=1S/C22H25N5O3/c1-14-11-15(2)27-21(24-14)25-19(26-27)20(28)23-13-22(7-3-4-8-22)16-5-6-17-18(12-16)30-10-9-29-17/h5-6,11-12H,3-4,7-10,13H2,1-2H3,(H,23,28). The summed E-state index contributed by atoms with van der Waals surface area (Å²) in [6, 6.07) is 8.07. The molecule has 30 heavy (non-hydrogen) atoms. The lowest BCUT2D eigenvalue weighted by Gasteiger charge is -2.31. The maximum absolute atomic E-state index is 12.9. The lowest BCUT2D eigenvalue weighted by molar-refractivity contribution is 0.0933. The smallest absolute Gasteiger partial charge is 0.291 e. The van der Waals surface area contributed by atoms with Gasteiger partial charge in [-0.1, -0.05) is 18.9 Å². The van der Waals surface area contributed by atoms with Crippen molar-refractivity contribution in [3.05, 3.63) is 47.0 Å². The highest BCUT2D eigenvalue weighted by atomic mass is 16.6. The number of ether oxygens (including phenoxy) is 2. The van der Waals surface area contributed by atoms with Crippen LogP contribution in [0, 0.1) is 13.8 Å². The molecule has 8 nitrogen and oxygen atoms in total. The minimum absolute atomic E-state index is 0.116. The molecular formula is C22H25N5O3. The third kappa shape index (κ3) is 3.26. The van der Waals surface area contributed by atoms with E-state index in [1.807, 2.05) is 26.0 Å². The molecule has 1 saturated carbocycles. The SMILES string of the molecule is Cc1cc(C)n2nc(C(=O)NCC3(c4ccc5c(c4)OCCO5)CCCC3)nc2n1. The molecule has 0 radical (unpaired) electrons. The fraction of sp³-hybridized carbons (Fsp3) is 0.455. The predicted octanol–water partition coefficient (Wildman–Crippen LogP) is 2.75. The molecule has 1 aliphatic carbocycles. The molecule has 1 amide bonds. The molecule has 1 N–H and O–H groups in total. The number of nitrogens with one attached hydrogen (secondary N) is 1. The van der Waals surface area contributed by atoms with Gasteiger partial charge in [0, 0.05) is 23.3 Å². The van der Waals surface area contributed by atoms with Crippen molar-refractivity contribution in [3.63, 3.8) is 0 Å². The minimum atomic E-state index is -0.277. The van der Waals surface area contributed by atoms with Crippen LogP contribution in [0.4, 0.5) is 0 Å². The van der Waals surface area contributed by atoms with Gasteiger partial charge < -0.3 is 14.8 Å². The molecule has 0 spiro atoms. The summed E-state index contributed by atoms with van der Waals surface area (Å²) in [6.45, 7) is 5.50. The number of fused-ring (bicyclic) bond motifs is 2. The van der Waals surface area contributed by atoms with E-state index >= 15 is 0 Å². The van der Waals surface area contributed by atoms with Gasteiger partial charge in [0.25, 0.3) is 11.7 Å². The number of amides is 1. The Hall–Kier alpha value is -3.16. The third-order valence-electron chi connectivity index (χ3n) is 6.12. The monoisotopic (exact) mass is 407 g/mol. The fourth-order valence-electron chi connectivity index (χ4n) is 4.58. The van der Waals surface area contributed by atoms with Gasteiger partial charge in [0.1, 0.15) is 13.2 Å². The Morgan fingerprint density at radius 1 is 1.10 bits per heavy atom. The number of carbonyl (C=O) groups excluding carboxylic acids is 1. The molecule has 1 fully saturated rings. The molecule has 1 aliphatic heterocycles. The average molecular weight is 407 g/mol. The van der Waals surface area contributed by atoms with Gasteiger partial charge in [0.2, 0.25) is 5.82 Å². The number of rotatable bonds is 4. The van der Waals surface area contributed by atoms with Gasteiger partial charge in [-0.15, -0.1) is 5.10 Å². The molecule has 2 aromatic heterocycles. The molecule has 8 heteroatoms. The van der Waals surface area contributed by atoms with E-state index in [2.05, 4.69) is 32.5 Å². The molecule has 0 unspecified atom stereocenters. The first-order chi connectivity index (χ1) is 14.5. The summed E-state index contributed by atoms with van der Waals surface area (Å²) in [5.41, 5.74) is 2.81. The zero-order valence-electron chi connectivity index (χ0n) is 17.3. The van der Waals surface area contributed by atoms with E-state index in [4.69, 9.17) is 9.47 Å². The highest BCUT2D eigenvalue weighted by Crippen LogP contribution is 2.43. The summed E-state index contributed by atoms with van der Waals surface area (Å²) < 4.78 is 13.0. The normalized spacial score (nSPS) is 17.3. The molecule has 1 aromatic carbocycles. The van der Waals surface area contributed by atoms with Crippen LogP contribution >= 0.6 is 0 Å². The Kier molecular flexibility index (Phi) is 4.56. The molecular weight excluding hydrogens is 382 g/mol. The molecule has 5 rings (SSSR count). The van der Waals surface area contributed by atoms with Gasteiger partial charge in [-0.2, -0.15) is 4.98 Å². The molecule has 156 valence electrons. The molecule has 2 aliphatic rings. The lowest BCUT2D eigenvalue weighted by Crippen LogP contribution is -2.39. The van der Waals surface area contributed by atoms with Crippen molar-refractivity contribution in [2.45, 2.75) is 44.9 Å². The first-order valence-corrected chi connectivity index (χ1v) is 10.4. The van der Waals surface area contributed by atoms with Crippen LogP contribution < -0.4 is 14.8 Å². The molecule has 0 bridgehead atoms. The van der Waals surface area contributed by atoms with Crippen LogP contribution in [0.5, 0.6) is 11.5 Å². The number of nitrogens with zero attached hydrogens (tertiary/aromatic N) is 4. The van der Waals surface area contributed by atoms with Gasteiger partial charge in [0.05, 0.1) is 0 Å². The summed E-state index contributed by atoms with van der Waals surface area (Å²) in [4.78, 5) is 21.5. The predicted molar refractivity (Wildman–Crippen MR) is 110 cm³/mol. The summed E-state index contributed by atoms with van der Waals surface area (Å²) in [5, 5.41) is 7.42. The van der Waals surface area contributed by atoms with Gasteiger partial charge >= 0.3 is 0 Å². The van der Waals surface area contributed by atoms with Crippen LogP contribution in [-0.4, -0.2) is 45.2 Å². The van der Waals surface area contributed by atoms with E-state index in [0.717, 1.165) is 48.6 Å². The Balaban J connectivity index is 1.38. The Morgan fingerprint density at radius 2 is 1.87 bits per heavy atom. The fourth-order valence-corrected chi connectivity index (χ4v) is 4.58. The minimum Gasteiger partial charge on any atom is -0.486 e. The van der Waals surface area contributed by atoms with Gasteiger partial charge in [-0.3, -0.25) is 4.79 Å². The maximum Gasteiger partial charge on any atom is 0.291 e. The zero-order valence-corrected chi connectivity index (χ0v) is 17.3. The summed E-state index contributed by atoms with van der Waals surface area (Å²) in [7, 11) is 0. The van der Waals surface area contributed by atoms with Crippen molar-refractivity contribution in [1.82, 2.24) is 24.9 Å². The number of aryl methyl sites for hydroxylation is 2. The van der Waals surface area contributed by atoms with Crippen molar-refractivity contribution in [2.75, 3.05) is 19.8 Å². The summed E-state index contributed by atoms with van der Waals surface area (Å²) in [5.74, 6) is 1.89. The van der Waals surface area contributed by atoms with Crippen molar-refractivity contribution < 1.29 is 14.3 Å². The number of hydrogen-bond acceptors (Lipinski definition) is 6. The highest BCUT2D eigenvalue weighted by molar-refractivity contribution is 5.90. The van der Waals surface area contributed by atoms with Gasteiger partial charge in [-0.25, -0.2) is 9.50 Å². The van der Waals surface area contributed by atoms with E-state index in [9.17, 15) is 4.79 Å². The topological polar surface area (TPSA) is 90.6 Å². The Bertz CT molecular complexity index is 1120. The molecule has 3 aromatic rings. The Morgan fingerprint density at radius 3 is 2.67 bits per heavy atom. The zero-order chi connectivity index (χ0) is 20.7. The summed E-state index contributed by atoms with van der Waals surface area (Å²) in [6.07, 6.45) is 4.31. The number of carbonyl (C=O) groups is 1. The number of hydrogen-bond donors (Lipinski definition) is 1. The quantitative estimate of drug-likeness (QED) is 0.715. The second-order valence-electron chi connectivity index (χ2n) is 8.21. The van der Waals surface area contributed by atoms with Crippen molar-refractivity contribution in [3.8, 4) is 11.5 Å². The highest BCUT2D eigenvalue weighted by Gasteiger charge is 2.37. The Labute approximate surface area is 174 Å². The maximum atomic E-state index is 12.9. The first kappa shape index (κ1) is 18.8. The van der Waals surface area contributed by atoms with E-state index in [-0.39, 0.29) is 17.1 Å². The second-order valence-corrected chi connectivity index (χ2v) is 8.21. The first-order valence-electron chi connectivity index (χ1n) is 10.4. The van der Waals surface area contributed by atoms with Crippen LogP contribution in [0.2, 0.25) is 0 Å². The molecule has 0 atom stereocenters. The van der Waals surface area contributed by atoms with Gasteiger partial charge in [0.15, 0.2) is 11.5 Å². The second kappa shape index (κ2) is 7.27. The lowest BCUT2D eigenvalue weighted by atomic mass is 9.78. The third-order valence-corrected chi connectivity index (χ3v) is 6.12. The summed E-state index contributed by atoms with van der Waals surface area (Å²) >= 11 is 0. The van der Waals surface area contributed by atoms with Crippen LogP contribution in [0.1, 0.15) is 53.3 Å². The van der Waals surface area contributed by atoms with E-state index in [0.29, 0.717) is 25.5 Å². The van der Waals surface area contributed by atoms with Crippen LogP contribution in [0.3, 0.4) is 0 Å². The number of benzene rings is 1. The van der Waals surface area contributed by atoms with Crippen molar-refractivity contribution >= 4 is 11.7 Å². The van der Waals surface area contributed by atoms with Crippen LogP contribution in [0.15, 0.2) is 24.3 Å². The van der Waals surface area contributed by atoms with E-state index in [1.54, 1.807) is 4.52 Å². The molecule has 3 heterocycles. The number of aromatic nitrogens is 4. The van der Waals surface area contributed by atoms with Crippen LogP contribution in [-0.2, 0) is 5.41 Å². The van der Waals surface area contributed by atoms with E-state index in [1.165, 1.54) is 5.56 Å². The van der Waals surface area contributed by atoms with Gasteiger partial charge in [-0.05, 0) is 50.5 Å². The van der Waals surface area contributed by atoms with Crippen molar-refractivity contribution in [1.29, 1.82) is 0 Å². The molecule has 0 saturated heterocycles. The van der Waals surface area contributed by atoms with Crippen molar-refractivity contribution in [2.24, 2.45) is 0 Å². The van der Waals surface area contributed by atoms with Crippen LogP contribution in [0.25, 0.3) is 5.78 Å². The average Bonchev–Trinajstić information content (AvgIpc) is 3.40. The van der Waals surface area contributed by atoms with E-state index < -0.39 is 0 Å². The largest absolute Gasteiger partial charge is 0.486 e.